The van der Waals surface area contributed by atoms with Crippen LogP contribution in [0.15, 0.2) is 48.5 Å². The molecule has 0 bridgehead atoms. The molecule has 2 aromatic carbocycles. The van der Waals surface area contributed by atoms with Crippen LogP contribution >= 0.6 is 0 Å². The molecule has 1 N–H and O–H groups in total. The molecule has 29 heavy (non-hydrogen) atoms. The lowest BCUT2D eigenvalue weighted by atomic mass is 10.0. The fourth-order valence-corrected chi connectivity index (χ4v) is 3.12. The summed E-state index contributed by atoms with van der Waals surface area (Å²) in [6.07, 6.45) is 0.769. The van der Waals surface area contributed by atoms with Gasteiger partial charge in [-0.05, 0) is 43.7 Å². The molecule has 0 aliphatic carbocycles. The van der Waals surface area contributed by atoms with Crippen LogP contribution in [0.25, 0.3) is 22.2 Å². The first-order valence-corrected chi connectivity index (χ1v) is 9.66. The topological polar surface area (TPSA) is 69.7 Å². The summed E-state index contributed by atoms with van der Waals surface area (Å²) in [6, 6.07) is 15.1. The van der Waals surface area contributed by atoms with Crippen molar-refractivity contribution in [2.24, 2.45) is 0 Å². The highest BCUT2D eigenvalue weighted by molar-refractivity contribution is 6.07. The third kappa shape index (κ3) is 4.84. The number of methoxy groups -OCH3 is 2. The SMILES string of the molecule is CCOCCCNC(=O)c1cc(-c2ccc(OC)c(OC)c2)nc2ccccc12. The van der Waals surface area contributed by atoms with Gasteiger partial charge in [0.15, 0.2) is 11.5 Å². The van der Waals surface area contributed by atoms with Gasteiger partial charge in [-0.15, -0.1) is 0 Å². The minimum Gasteiger partial charge on any atom is -0.493 e. The maximum absolute atomic E-state index is 12.9. The molecule has 3 rings (SSSR count). The van der Waals surface area contributed by atoms with E-state index in [1.54, 1.807) is 14.2 Å². The van der Waals surface area contributed by atoms with E-state index in [-0.39, 0.29) is 5.91 Å². The Hall–Kier alpha value is -3.12. The molecule has 1 aromatic heterocycles. The predicted molar refractivity (Wildman–Crippen MR) is 114 cm³/mol. The molecule has 3 aromatic rings. The fourth-order valence-electron chi connectivity index (χ4n) is 3.12. The van der Waals surface area contributed by atoms with Crippen molar-refractivity contribution in [2.75, 3.05) is 34.0 Å². The standard InChI is InChI=1S/C23H26N2O4/c1-4-29-13-7-12-24-23(26)18-15-20(25-19-9-6-5-8-17(18)19)16-10-11-21(27-2)22(14-16)28-3/h5-6,8-11,14-15H,4,7,12-13H2,1-3H3,(H,24,26). The number of para-hydroxylation sites is 1. The molecule has 0 aliphatic rings. The van der Waals surface area contributed by atoms with Gasteiger partial charge in [-0.1, -0.05) is 18.2 Å². The van der Waals surface area contributed by atoms with E-state index in [1.807, 2.05) is 55.5 Å². The van der Waals surface area contributed by atoms with Crippen molar-refractivity contribution in [3.8, 4) is 22.8 Å². The molecule has 0 spiro atoms. The van der Waals surface area contributed by atoms with Gasteiger partial charge in [0.05, 0.1) is 31.0 Å². The molecule has 6 heteroatoms. The zero-order valence-corrected chi connectivity index (χ0v) is 17.0. The van der Waals surface area contributed by atoms with Gasteiger partial charge < -0.3 is 19.5 Å². The number of nitrogens with one attached hydrogen (secondary N) is 1. The molecule has 6 nitrogen and oxygen atoms in total. The number of carbonyl (C=O) groups is 1. The van der Waals surface area contributed by atoms with Crippen LogP contribution in [0.2, 0.25) is 0 Å². The molecular weight excluding hydrogens is 368 g/mol. The average molecular weight is 394 g/mol. The minimum absolute atomic E-state index is 0.123. The summed E-state index contributed by atoms with van der Waals surface area (Å²) < 4.78 is 16.0. The molecule has 1 heterocycles. The van der Waals surface area contributed by atoms with Crippen LogP contribution in [0.4, 0.5) is 0 Å². The molecule has 0 saturated heterocycles. The molecule has 1 amide bonds. The average Bonchev–Trinajstić information content (AvgIpc) is 2.77. The molecule has 0 saturated carbocycles. The lowest BCUT2D eigenvalue weighted by Crippen LogP contribution is -2.25. The second kappa shape index (κ2) is 9.89. The van der Waals surface area contributed by atoms with Crippen LogP contribution in [0.5, 0.6) is 11.5 Å². The Morgan fingerprint density at radius 1 is 1.03 bits per heavy atom. The van der Waals surface area contributed by atoms with E-state index in [1.165, 1.54) is 0 Å². The highest BCUT2D eigenvalue weighted by atomic mass is 16.5. The Morgan fingerprint density at radius 3 is 2.59 bits per heavy atom. The van der Waals surface area contributed by atoms with E-state index >= 15 is 0 Å². The summed E-state index contributed by atoms with van der Waals surface area (Å²) in [7, 11) is 3.19. The maximum Gasteiger partial charge on any atom is 0.252 e. The van der Waals surface area contributed by atoms with Gasteiger partial charge in [-0.3, -0.25) is 4.79 Å². The van der Waals surface area contributed by atoms with Crippen LogP contribution in [0.3, 0.4) is 0 Å². The first-order valence-electron chi connectivity index (χ1n) is 9.66. The van der Waals surface area contributed by atoms with Gasteiger partial charge in [0.1, 0.15) is 0 Å². The number of fused-ring (bicyclic) bond motifs is 1. The second-order valence-electron chi connectivity index (χ2n) is 6.45. The number of ether oxygens (including phenoxy) is 3. The summed E-state index contributed by atoms with van der Waals surface area (Å²) in [5.41, 5.74) is 2.90. The zero-order chi connectivity index (χ0) is 20.6. The number of carbonyl (C=O) groups excluding carboxylic acids is 1. The number of hydrogen-bond acceptors (Lipinski definition) is 5. The molecule has 0 radical (unpaired) electrons. The summed E-state index contributed by atoms with van der Waals surface area (Å²) in [4.78, 5) is 17.6. The van der Waals surface area contributed by atoms with Crippen molar-refractivity contribution in [3.05, 3.63) is 54.1 Å². The van der Waals surface area contributed by atoms with Crippen molar-refractivity contribution in [1.82, 2.24) is 10.3 Å². The third-order valence-corrected chi connectivity index (χ3v) is 4.60. The second-order valence-corrected chi connectivity index (χ2v) is 6.45. The van der Waals surface area contributed by atoms with Crippen molar-refractivity contribution >= 4 is 16.8 Å². The Morgan fingerprint density at radius 2 is 1.83 bits per heavy atom. The van der Waals surface area contributed by atoms with Crippen molar-refractivity contribution in [2.45, 2.75) is 13.3 Å². The van der Waals surface area contributed by atoms with E-state index in [0.717, 1.165) is 22.9 Å². The van der Waals surface area contributed by atoms with E-state index < -0.39 is 0 Å². The Bertz CT molecular complexity index is 988. The van der Waals surface area contributed by atoms with Crippen LogP contribution in [-0.2, 0) is 4.74 Å². The van der Waals surface area contributed by atoms with Crippen molar-refractivity contribution in [1.29, 1.82) is 0 Å². The van der Waals surface area contributed by atoms with Gasteiger partial charge in [-0.25, -0.2) is 4.98 Å². The number of rotatable bonds is 9. The van der Waals surface area contributed by atoms with Gasteiger partial charge in [0.2, 0.25) is 0 Å². The molecule has 0 aliphatic heterocycles. The van der Waals surface area contributed by atoms with E-state index in [4.69, 9.17) is 19.2 Å². The van der Waals surface area contributed by atoms with Crippen LogP contribution in [0.1, 0.15) is 23.7 Å². The Labute approximate surface area is 170 Å². The Kier molecular flexibility index (Phi) is 7.03. The number of benzene rings is 2. The molecule has 0 fully saturated rings. The van der Waals surface area contributed by atoms with Crippen LogP contribution < -0.4 is 14.8 Å². The van der Waals surface area contributed by atoms with E-state index in [0.29, 0.717) is 42.5 Å². The molecule has 0 atom stereocenters. The fraction of sp³-hybridized carbons (Fsp3) is 0.304. The number of pyridine rings is 1. The molecule has 0 unspecified atom stereocenters. The number of nitrogens with zero attached hydrogens (tertiary/aromatic N) is 1. The van der Waals surface area contributed by atoms with E-state index in [2.05, 4.69) is 5.32 Å². The molecule has 152 valence electrons. The lowest BCUT2D eigenvalue weighted by Gasteiger charge is -2.12. The number of amides is 1. The molecular formula is C23H26N2O4. The maximum atomic E-state index is 12.9. The first-order chi connectivity index (χ1) is 14.2. The van der Waals surface area contributed by atoms with E-state index in [9.17, 15) is 4.79 Å². The van der Waals surface area contributed by atoms with Crippen LogP contribution in [0, 0.1) is 0 Å². The summed E-state index contributed by atoms with van der Waals surface area (Å²) in [6.45, 7) is 3.82. The summed E-state index contributed by atoms with van der Waals surface area (Å²) >= 11 is 0. The van der Waals surface area contributed by atoms with Gasteiger partial charge in [0.25, 0.3) is 5.91 Å². The first kappa shape index (κ1) is 20.6. The zero-order valence-electron chi connectivity index (χ0n) is 17.0. The van der Waals surface area contributed by atoms with Crippen molar-refractivity contribution in [3.63, 3.8) is 0 Å². The monoisotopic (exact) mass is 394 g/mol. The highest BCUT2D eigenvalue weighted by Crippen LogP contribution is 2.33. The van der Waals surface area contributed by atoms with Crippen molar-refractivity contribution < 1.29 is 19.0 Å². The summed E-state index contributed by atoms with van der Waals surface area (Å²) in [5, 5.41) is 3.80. The number of aromatic nitrogens is 1. The number of hydrogen-bond donors (Lipinski definition) is 1. The highest BCUT2D eigenvalue weighted by Gasteiger charge is 2.15. The predicted octanol–water partition coefficient (Wildman–Crippen LogP) is 4.08. The largest absolute Gasteiger partial charge is 0.493 e. The van der Waals surface area contributed by atoms with Gasteiger partial charge in [0, 0.05) is 30.7 Å². The van der Waals surface area contributed by atoms with Gasteiger partial charge >= 0.3 is 0 Å². The lowest BCUT2D eigenvalue weighted by molar-refractivity contribution is 0.0946. The minimum atomic E-state index is -0.123. The van der Waals surface area contributed by atoms with Crippen LogP contribution in [-0.4, -0.2) is 44.9 Å². The summed E-state index contributed by atoms with van der Waals surface area (Å²) in [5.74, 6) is 1.13. The smallest absolute Gasteiger partial charge is 0.252 e. The normalized spacial score (nSPS) is 10.7. The van der Waals surface area contributed by atoms with Gasteiger partial charge in [-0.2, -0.15) is 0 Å². The Balaban J connectivity index is 1.95. The third-order valence-electron chi connectivity index (χ3n) is 4.60. The quantitative estimate of drug-likeness (QED) is 0.554.